The maximum Gasteiger partial charge on any atom is 0.240 e. The maximum absolute atomic E-state index is 13.5. The molecule has 0 saturated carbocycles. The van der Waals surface area contributed by atoms with E-state index in [1.807, 2.05) is 13.0 Å². The summed E-state index contributed by atoms with van der Waals surface area (Å²) in [5.74, 6) is -0.336. The fraction of sp³-hybridized carbons (Fsp3) is 0.444. The van der Waals surface area contributed by atoms with Crippen LogP contribution in [-0.4, -0.2) is 42.0 Å². The summed E-state index contributed by atoms with van der Waals surface area (Å²) in [4.78, 5) is 20.1. The Labute approximate surface area is 151 Å². The van der Waals surface area contributed by atoms with Gasteiger partial charge in [0.2, 0.25) is 5.91 Å². The molecule has 7 heteroatoms. The molecule has 1 aromatic carbocycles. The number of hydrogen-bond acceptors (Lipinski definition) is 5. The Hall–Kier alpha value is -1.83. The van der Waals surface area contributed by atoms with E-state index in [0.717, 1.165) is 35.6 Å². The molecule has 1 atom stereocenters. The molecule has 2 N–H and O–H groups in total. The summed E-state index contributed by atoms with van der Waals surface area (Å²) < 4.78 is 13.5. The Bertz CT molecular complexity index is 748. The van der Waals surface area contributed by atoms with Gasteiger partial charge in [-0.2, -0.15) is 0 Å². The van der Waals surface area contributed by atoms with E-state index < -0.39 is 0 Å². The van der Waals surface area contributed by atoms with Gasteiger partial charge >= 0.3 is 0 Å². The van der Waals surface area contributed by atoms with Crippen molar-refractivity contribution in [2.45, 2.75) is 26.3 Å². The second-order valence-corrected chi connectivity index (χ2v) is 7.37. The SMILES string of the molecule is CCc1nc(NC(=O)CN2CCNCC2c2cccc(F)c2)sc1C. The van der Waals surface area contributed by atoms with Crippen LogP contribution < -0.4 is 10.6 Å². The molecule has 25 heavy (non-hydrogen) atoms. The predicted molar refractivity (Wildman–Crippen MR) is 98.4 cm³/mol. The number of rotatable bonds is 5. The molecule has 5 nitrogen and oxygen atoms in total. The van der Waals surface area contributed by atoms with Crippen LogP contribution in [0.5, 0.6) is 0 Å². The Morgan fingerprint density at radius 3 is 3.08 bits per heavy atom. The Morgan fingerprint density at radius 2 is 2.36 bits per heavy atom. The summed E-state index contributed by atoms with van der Waals surface area (Å²) in [5.41, 5.74) is 1.92. The highest BCUT2D eigenvalue weighted by Crippen LogP contribution is 2.24. The number of benzene rings is 1. The molecule has 134 valence electrons. The number of carbonyl (C=O) groups is 1. The highest BCUT2D eigenvalue weighted by Gasteiger charge is 2.26. The van der Waals surface area contributed by atoms with E-state index in [-0.39, 0.29) is 24.3 Å². The predicted octanol–water partition coefficient (Wildman–Crippen LogP) is 2.74. The molecule has 1 aliphatic heterocycles. The zero-order chi connectivity index (χ0) is 17.8. The zero-order valence-corrected chi connectivity index (χ0v) is 15.3. The summed E-state index contributed by atoms with van der Waals surface area (Å²) in [5, 5.41) is 6.87. The molecule has 0 bridgehead atoms. The van der Waals surface area contributed by atoms with Gasteiger partial charge in [-0.25, -0.2) is 9.37 Å². The number of carbonyl (C=O) groups excluding carboxylic acids is 1. The van der Waals surface area contributed by atoms with Gasteiger partial charge in [-0.1, -0.05) is 19.1 Å². The van der Waals surface area contributed by atoms with Gasteiger partial charge in [0.1, 0.15) is 5.82 Å². The van der Waals surface area contributed by atoms with E-state index in [2.05, 4.69) is 27.4 Å². The van der Waals surface area contributed by atoms with Gasteiger partial charge in [-0.15, -0.1) is 11.3 Å². The number of nitrogens with one attached hydrogen (secondary N) is 2. The Kier molecular flexibility index (Phi) is 5.78. The highest BCUT2D eigenvalue weighted by molar-refractivity contribution is 7.15. The van der Waals surface area contributed by atoms with E-state index >= 15 is 0 Å². The van der Waals surface area contributed by atoms with Crippen LogP contribution in [0, 0.1) is 12.7 Å². The fourth-order valence-corrected chi connectivity index (χ4v) is 4.05. The minimum atomic E-state index is -0.252. The van der Waals surface area contributed by atoms with Crippen molar-refractivity contribution in [1.29, 1.82) is 0 Å². The number of nitrogens with zero attached hydrogens (tertiary/aromatic N) is 2. The zero-order valence-electron chi connectivity index (χ0n) is 14.5. The van der Waals surface area contributed by atoms with Gasteiger partial charge in [0.25, 0.3) is 0 Å². The first-order valence-electron chi connectivity index (χ1n) is 8.53. The molecule has 1 fully saturated rings. The van der Waals surface area contributed by atoms with Gasteiger partial charge in [0.15, 0.2) is 5.13 Å². The third-order valence-corrected chi connectivity index (χ3v) is 5.34. The molecule has 1 aliphatic rings. The smallest absolute Gasteiger partial charge is 0.240 e. The lowest BCUT2D eigenvalue weighted by Crippen LogP contribution is -2.48. The van der Waals surface area contributed by atoms with Gasteiger partial charge in [0.05, 0.1) is 12.2 Å². The molecular weight excluding hydrogens is 339 g/mol. The van der Waals surface area contributed by atoms with Crippen LogP contribution in [0.25, 0.3) is 0 Å². The minimum absolute atomic E-state index is 0.0144. The third-order valence-electron chi connectivity index (χ3n) is 4.41. The molecule has 2 heterocycles. The number of amides is 1. The Morgan fingerprint density at radius 1 is 1.52 bits per heavy atom. The van der Waals surface area contributed by atoms with E-state index in [1.54, 1.807) is 12.1 Å². The standard InChI is InChI=1S/C18H23FN4OS/c1-3-15-12(2)25-18(21-15)22-17(24)11-23-8-7-20-10-16(23)13-5-4-6-14(19)9-13/h4-6,9,16,20H,3,7-8,10-11H2,1-2H3,(H,21,22,24). The van der Waals surface area contributed by atoms with Crippen molar-refractivity contribution >= 4 is 22.4 Å². The number of halogens is 1. The van der Waals surface area contributed by atoms with Gasteiger partial charge in [0, 0.05) is 30.6 Å². The average Bonchev–Trinajstić information content (AvgIpc) is 2.94. The van der Waals surface area contributed by atoms with Crippen LogP contribution in [-0.2, 0) is 11.2 Å². The van der Waals surface area contributed by atoms with Crippen LogP contribution >= 0.6 is 11.3 Å². The monoisotopic (exact) mass is 362 g/mol. The topological polar surface area (TPSA) is 57.3 Å². The van der Waals surface area contributed by atoms with Gasteiger partial charge in [-0.3, -0.25) is 9.69 Å². The van der Waals surface area contributed by atoms with Crippen molar-refractivity contribution < 1.29 is 9.18 Å². The van der Waals surface area contributed by atoms with Crippen LogP contribution in [0.2, 0.25) is 0 Å². The van der Waals surface area contributed by atoms with Crippen molar-refractivity contribution in [3.05, 3.63) is 46.2 Å². The van der Waals surface area contributed by atoms with Crippen LogP contribution in [0.3, 0.4) is 0 Å². The highest BCUT2D eigenvalue weighted by atomic mass is 32.1. The molecule has 0 aliphatic carbocycles. The Balaban J connectivity index is 1.67. The van der Waals surface area contributed by atoms with Gasteiger partial charge < -0.3 is 10.6 Å². The van der Waals surface area contributed by atoms with Crippen molar-refractivity contribution in [1.82, 2.24) is 15.2 Å². The van der Waals surface area contributed by atoms with Crippen LogP contribution in [0.4, 0.5) is 9.52 Å². The van der Waals surface area contributed by atoms with E-state index in [1.165, 1.54) is 17.4 Å². The van der Waals surface area contributed by atoms with Crippen LogP contribution in [0.15, 0.2) is 24.3 Å². The van der Waals surface area contributed by atoms with Gasteiger partial charge in [-0.05, 0) is 31.0 Å². The third kappa shape index (κ3) is 4.42. The summed E-state index contributed by atoms with van der Waals surface area (Å²) >= 11 is 1.50. The fourth-order valence-electron chi connectivity index (χ4n) is 3.13. The number of anilines is 1. The molecule has 1 amide bonds. The normalized spacial score (nSPS) is 18.3. The van der Waals surface area contributed by atoms with Crippen molar-refractivity contribution in [2.24, 2.45) is 0 Å². The maximum atomic E-state index is 13.5. The lowest BCUT2D eigenvalue weighted by Gasteiger charge is -2.35. The summed E-state index contributed by atoms with van der Waals surface area (Å²) in [7, 11) is 0. The van der Waals surface area contributed by atoms with Crippen LogP contribution in [0.1, 0.15) is 29.1 Å². The number of aryl methyl sites for hydroxylation is 2. The summed E-state index contributed by atoms with van der Waals surface area (Å²) in [6, 6.07) is 6.58. The quantitative estimate of drug-likeness (QED) is 0.859. The molecule has 1 saturated heterocycles. The number of thiazole rings is 1. The average molecular weight is 362 g/mol. The van der Waals surface area contributed by atoms with Crippen molar-refractivity contribution in [3.8, 4) is 0 Å². The lowest BCUT2D eigenvalue weighted by molar-refractivity contribution is -0.118. The number of piperazine rings is 1. The molecule has 1 unspecified atom stereocenters. The number of aromatic nitrogens is 1. The number of hydrogen-bond donors (Lipinski definition) is 2. The lowest BCUT2D eigenvalue weighted by atomic mass is 10.0. The molecule has 2 aromatic rings. The van der Waals surface area contributed by atoms with Crippen molar-refractivity contribution in [3.63, 3.8) is 0 Å². The molecule has 3 rings (SSSR count). The first-order chi connectivity index (χ1) is 12.1. The summed E-state index contributed by atoms with van der Waals surface area (Å²) in [6.07, 6.45) is 0.859. The van der Waals surface area contributed by atoms with E-state index in [9.17, 15) is 9.18 Å². The molecular formula is C18H23FN4OS. The van der Waals surface area contributed by atoms with E-state index in [4.69, 9.17) is 0 Å². The first-order valence-corrected chi connectivity index (χ1v) is 9.35. The molecule has 1 aromatic heterocycles. The molecule has 0 radical (unpaired) electrons. The van der Waals surface area contributed by atoms with E-state index in [0.29, 0.717) is 11.7 Å². The minimum Gasteiger partial charge on any atom is -0.314 e. The molecule has 0 spiro atoms. The summed E-state index contributed by atoms with van der Waals surface area (Å²) in [6.45, 7) is 6.59. The second-order valence-electron chi connectivity index (χ2n) is 6.17. The first kappa shape index (κ1) is 18.0. The largest absolute Gasteiger partial charge is 0.314 e. The van der Waals surface area contributed by atoms with Crippen molar-refractivity contribution in [2.75, 3.05) is 31.5 Å². The second kappa shape index (κ2) is 8.03.